The fourth-order valence-corrected chi connectivity index (χ4v) is 4.26. The van der Waals surface area contributed by atoms with Crippen LogP contribution in [0.25, 0.3) is 0 Å². The molecule has 3 rings (SSSR count). The zero-order valence-corrected chi connectivity index (χ0v) is 16.3. The predicted molar refractivity (Wildman–Crippen MR) is 99.4 cm³/mol. The van der Waals surface area contributed by atoms with Crippen molar-refractivity contribution in [3.63, 3.8) is 0 Å². The average molecular weight is 413 g/mol. The van der Waals surface area contributed by atoms with E-state index in [2.05, 4.69) is 10.0 Å². The van der Waals surface area contributed by atoms with Crippen molar-refractivity contribution in [2.24, 2.45) is 13.0 Å². The minimum absolute atomic E-state index is 0.0464. The van der Waals surface area contributed by atoms with Crippen LogP contribution < -0.4 is 14.8 Å². The van der Waals surface area contributed by atoms with Crippen LogP contribution in [0.15, 0.2) is 29.3 Å². The standard InChI is InChI=1S/C18H21F2N3O4S/c1-9(2)16-13(8-24)22-28(26)14-7-23(3)15(17(14)27-16)18(25)21-10-4-5-11(19)12(20)6-10/h4-7,9,13,16,22,24H,8H2,1-3H3,(H,21,25). The minimum atomic E-state index is -1.70. The summed E-state index contributed by atoms with van der Waals surface area (Å²) in [4.78, 5) is 13.1. The fraction of sp³-hybridized carbons (Fsp3) is 0.389. The maximum absolute atomic E-state index is 13.4. The molecule has 1 aromatic carbocycles. The topological polar surface area (TPSA) is 92.6 Å². The number of aromatic nitrogens is 1. The second-order valence-electron chi connectivity index (χ2n) is 6.87. The number of benzene rings is 1. The van der Waals surface area contributed by atoms with Crippen LogP contribution in [-0.4, -0.2) is 38.5 Å². The van der Waals surface area contributed by atoms with Crippen LogP contribution in [0.4, 0.5) is 14.5 Å². The molecule has 7 nitrogen and oxygen atoms in total. The number of anilines is 1. The smallest absolute Gasteiger partial charge is 0.276 e. The van der Waals surface area contributed by atoms with Crippen molar-refractivity contribution in [2.45, 2.75) is 30.9 Å². The van der Waals surface area contributed by atoms with Crippen molar-refractivity contribution in [3.8, 4) is 5.75 Å². The molecule has 2 aromatic rings. The van der Waals surface area contributed by atoms with Crippen molar-refractivity contribution in [2.75, 3.05) is 11.9 Å². The Balaban J connectivity index is 1.98. The molecule has 3 atom stereocenters. The van der Waals surface area contributed by atoms with Crippen molar-refractivity contribution < 1.29 is 27.6 Å². The van der Waals surface area contributed by atoms with Crippen molar-refractivity contribution >= 4 is 22.6 Å². The third-order valence-corrected chi connectivity index (χ3v) is 5.66. The monoisotopic (exact) mass is 413 g/mol. The molecule has 0 saturated carbocycles. The number of amides is 1. The summed E-state index contributed by atoms with van der Waals surface area (Å²) in [7, 11) is -0.118. The summed E-state index contributed by atoms with van der Waals surface area (Å²) in [6, 6.07) is 2.43. The van der Waals surface area contributed by atoms with Crippen LogP contribution in [0.1, 0.15) is 24.3 Å². The van der Waals surface area contributed by atoms with Gasteiger partial charge in [0.15, 0.2) is 23.1 Å². The van der Waals surface area contributed by atoms with Gasteiger partial charge in [0, 0.05) is 25.0 Å². The molecular formula is C18H21F2N3O4S. The summed E-state index contributed by atoms with van der Waals surface area (Å²) in [5, 5.41) is 12.1. The van der Waals surface area contributed by atoms with Gasteiger partial charge in [-0.25, -0.2) is 17.7 Å². The minimum Gasteiger partial charge on any atom is -0.485 e. The number of halogens is 2. The van der Waals surface area contributed by atoms with Gasteiger partial charge in [-0.15, -0.1) is 0 Å². The molecule has 28 heavy (non-hydrogen) atoms. The molecule has 0 bridgehead atoms. The van der Waals surface area contributed by atoms with E-state index in [-0.39, 0.29) is 34.6 Å². The van der Waals surface area contributed by atoms with E-state index in [1.807, 2.05) is 13.8 Å². The molecule has 1 aromatic heterocycles. The lowest BCUT2D eigenvalue weighted by molar-refractivity contribution is 0.0840. The summed E-state index contributed by atoms with van der Waals surface area (Å²) >= 11 is 0. The Kier molecular flexibility index (Phi) is 5.82. The molecule has 0 saturated heterocycles. The molecule has 152 valence electrons. The Labute approximate surface area is 163 Å². The molecular weight excluding hydrogens is 392 g/mol. The molecule has 0 radical (unpaired) electrons. The van der Waals surface area contributed by atoms with E-state index >= 15 is 0 Å². The summed E-state index contributed by atoms with van der Waals surface area (Å²) in [6.07, 6.45) is 0.961. The lowest BCUT2D eigenvalue weighted by Crippen LogP contribution is -2.47. The van der Waals surface area contributed by atoms with Crippen LogP contribution in [0, 0.1) is 17.6 Å². The third kappa shape index (κ3) is 3.80. The number of carbonyl (C=O) groups is 1. The summed E-state index contributed by atoms with van der Waals surface area (Å²) in [6.45, 7) is 3.47. The zero-order chi connectivity index (χ0) is 20.6. The highest BCUT2D eigenvalue weighted by Gasteiger charge is 2.36. The van der Waals surface area contributed by atoms with Crippen LogP contribution in [0.2, 0.25) is 0 Å². The van der Waals surface area contributed by atoms with Crippen LogP contribution in [0.5, 0.6) is 5.75 Å². The van der Waals surface area contributed by atoms with Gasteiger partial charge >= 0.3 is 0 Å². The van der Waals surface area contributed by atoms with Gasteiger partial charge in [-0.05, 0) is 18.1 Å². The van der Waals surface area contributed by atoms with Gasteiger partial charge in [0.25, 0.3) is 5.91 Å². The quantitative estimate of drug-likeness (QED) is 0.714. The molecule has 10 heteroatoms. The lowest BCUT2D eigenvalue weighted by Gasteiger charge is -2.27. The van der Waals surface area contributed by atoms with E-state index in [1.165, 1.54) is 16.8 Å². The largest absolute Gasteiger partial charge is 0.485 e. The number of ether oxygens (including phenoxy) is 1. The molecule has 1 aliphatic rings. The Morgan fingerprint density at radius 3 is 2.71 bits per heavy atom. The first kappa shape index (κ1) is 20.4. The lowest BCUT2D eigenvalue weighted by atomic mass is 10.0. The molecule has 3 unspecified atom stereocenters. The van der Waals surface area contributed by atoms with Gasteiger partial charge in [-0.1, -0.05) is 13.8 Å². The predicted octanol–water partition coefficient (Wildman–Crippen LogP) is 1.95. The SMILES string of the molecule is CC(C)C1Oc2c(cn(C)c2C(=O)Nc2ccc(F)c(F)c2)S(=O)NC1CO. The molecule has 1 amide bonds. The normalized spacial score (nSPS) is 21.8. The number of nitrogens with one attached hydrogen (secondary N) is 2. The van der Waals surface area contributed by atoms with Crippen LogP contribution in [0.3, 0.4) is 0 Å². The molecule has 0 spiro atoms. The van der Waals surface area contributed by atoms with Gasteiger partial charge in [-0.3, -0.25) is 4.79 Å². The number of hydrogen-bond acceptors (Lipinski definition) is 4. The van der Waals surface area contributed by atoms with Gasteiger partial charge in [0.05, 0.1) is 12.6 Å². The van der Waals surface area contributed by atoms with E-state index in [1.54, 1.807) is 7.05 Å². The maximum atomic E-state index is 13.4. The number of fused-ring (bicyclic) bond motifs is 1. The fourth-order valence-electron chi connectivity index (χ4n) is 3.08. The Hall–Kier alpha value is -2.30. The first-order chi connectivity index (χ1) is 13.2. The molecule has 0 fully saturated rings. The summed E-state index contributed by atoms with van der Waals surface area (Å²) < 4.78 is 49.5. The molecule has 0 aliphatic carbocycles. The number of nitrogens with zero attached hydrogens (tertiary/aromatic N) is 1. The van der Waals surface area contributed by atoms with Crippen LogP contribution >= 0.6 is 0 Å². The molecule has 2 heterocycles. The summed E-state index contributed by atoms with van der Waals surface area (Å²) in [5.41, 5.74) is 0.152. The highest BCUT2D eigenvalue weighted by molar-refractivity contribution is 7.83. The van der Waals surface area contributed by atoms with Crippen molar-refractivity contribution in [3.05, 3.63) is 41.7 Å². The number of carbonyl (C=O) groups excluding carboxylic acids is 1. The van der Waals surface area contributed by atoms with E-state index in [0.717, 1.165) is 12.1 Å². The highest BCUT2D eigenvalue weighted by atomic mass is 32.2. The number of aliphatic hydroxyl groups excluding tert-OH is 1. The second-order valence-corrected chi connectivity index (χ2v) is 8.08. The van der Waals surface area contributed by atoms with Gasteiger partial charge in [0.2, 0.25) is 0 Å². The van der Waals surface area contributed by atoms with Gasteiger partial charge < -0.3 is 19.7 Å². The molecule has 1 aliphatic heterocycles. The van der Waals surface area contributed by atoms with E-state index < -0.39 is 40.7 Å². The second kappa shape index (κ2) is 7.98. The van der Waals surface area contributed by atoms with E-state index in [9.17, 15) is 22.9 Å². The molecule has 3 N–H and O–H groups in total. The maximum Gasteiger partial charge on any atom is 0.276 e. The number of aliphatic hydroxyl groups is 1. The third-order valence-electron chi connectivity index (χ3n) is 4.46. The summed E-state index contributed by atoms with van der Waals surface area (Å²) in [5.74, 6) is -2.66. The van der Waals surface area contributed by atoms with Gasteiger partial charge in [0.1, 0.15) is 22.0 Å². The zero-order valence-electron chi connectivity index (χ0n) is 15.5. The van der Waals surface area contributed by atoms with Crippen molar-refractivity contribution in [1.29, 1.82) is 0 Å². The Bertz CT molecular complexity index is 932. The highest BCUT2D eigenvalue weighted by Crippen LogP contribution is 2.34. The van der Waals surface area contributed by atoms with Gasteiger partial charge in [-0.2, -0.15) is 0 Å². The first-order valence-electron chi connectivity index (χ1n) is 8.64. The van der Waals surface area contributed by atoms with Crippen LogP contribution in [-0.2, 0) is 18.0 Å². The van der Waals surface area contributed by atoms with E-state index in [0.29, 0.717) is 0 Å². The first-order valence-corrected chi connectivity index (χ1v) is 9.79. The van der Waals surface area contributed by atoms with E-state index in [4.69, 9.17) is 4.74 Å². The van der Waals surface area contributed by atoms with Crippen molar-refractivity contribution in [1.82, 2.24) is 9.29 Å². The average Bonchev–Trinajstić information content (AvgIpc) is 2.89. The number of aryl methyl sites for hydroxylation is 1. The number of rotatable bonds is 4. The number of hydrogen-bond donors (Lipinski definition) is 3. The Morgan fingerprint density at radius 2 is 2.11 bits per heavy atom. The Morgan fingerprint density at radius 1 is 1.39 bits per heavy atom.